The Morgan fingerprint density at radius 3 is 2.29 bits per heavy atom. The molecule has 24 heavy (non-hydrogen) atoms. The monoisotopic (exact) mass is 322 g/mol. The molecule has 0 aliphatic carbocycles. The quantitative estimate of drug-likeness (QED) is 0.562. The lowest BCUT2D eigenvalue weighted by molar-refractivity contribution is -0.139. The molecule has 0 saturated heterocycles. The van der Waals surface area contributed by atoms with E-state index in [1.807, 2.05) is 0 Å². The molecule has 0 aliphatic rings. The maximum Gasteiger partial charge on any atom is 0.326 e. The number of benzene rings is 2. The number of carboxylic acids is 1. The lowest BCUT2D eigenvalue weighted by Crippen LogP contribution is -2.45. The van der Waals surface area contributed by atoms with Gasteiger partial charge in [-0.25, -0.2) is 4.79 Å². The number of amides is 1. The minimum Gasteiger partial charge on any atom is -0.480 e. The molecule has 2 aromatic rings. The Hall–Kier alpha value is -3.26. The second kappa shape index (κ2) is 7.84. The van der Waals surface area contributed by atoms with Gasteiger partial charge in [-0.2, -0.15) is 0 Å². The van der Waals surface area contributed by atoms with Crippen LogP contribution in [0.5, 0.6) is 0 Å². The van der Waals surface area contributed by atoms with Gasteiger partial charge in [0.15, 0.2) is 0 Å². The standard InChI is InChI=1S/C19H18N2O3/c1-2-6-16(13-9-11-15(20)12-10-13)17(19(23)24)21-18(22)14-7-4-3-5-8-14/h1,3-5,7-12,16-17H,6,20H2,(H,21,22)(H,23,24)/t16-,17+/m0/s1. The number of nitrogens with two attached hydrogens (primary N) is 1. The van der Waals surface area contributed by atoms with E-state index in [2.05, 4.69) is 11.2 Å². The summed E-state index contributed by atoms with van der Waals surface area (Å²) in [4.78, 5) is 24.0. The minimum atomic E-state index is -1.14. The zero-order valence-electron chi connectivity index (χ0n) is 13.0. The second-order valence-corrected chi connectivity index (χ2v) is 5.34. The Morgan fingerprint density at radius 2 is 1.75 bits per heavy atom. The molecule has 2 aromatic carbocycles. The van der Waals surface area contributed by atoms with Crippen molar-refractivity contribution >= 4 is 17.6 Å². The first kappa shape index (κ1) is 17.1. The Labute approximate surface area is 140 Å². The number of rotatable bonds is 6. The fourth-order valence-electron chi connectivity index (χ4n) is 2.45. The summed E-state index contributed by atoms with van der Waals surface area (Å²) in [6, 6.07) is 14.1. The maximum absolute atomic E-state index is 12.3. The van der Waals surface area contributed by atoms with Crippen LogP contribution in [0.25, 0.3) is 0 Å². The fourth-order valence-corrected chi connectivity index (χ4v) is 2.45. The number of carbonyl (C=O) groups excluding carboxylic acids is 1. The summed E-state index contributed by atoms with van der Waals surface area (Å²) in [7, 11) is 0. The number of anilines is 1. The van der Waals surface area contributed by atoms with Gasteiger partial charge in [-0.05, 0) is 29.8 Å². The van der Waals surface area contributed by atoms with Crippen molar-refractivity contribution in [2.75, 3.05) is 5.73 Å². The molecule has 0 unspecified atom stereocenters. The van der Waals surface area contributed by atoms with Crippen molar-refractivity contribution in [2.45, 2.75) is 18.4 Å². The maximum atomic E-state index is 12.3. The van der Waals surface area contributed by atoms with Gasteiger partial charge in [-0.15, -0.1) is 12.3 Å². The van der Waals surface area contributed by atoms with Gasteiger partial charge >= 0.3 is 5.97 Å². The van der Waals surface area contributed by atoms with Crippen molar-refractivity contribution in [1.29, 1.82) is 0 Å². The van der Waals surface area contributed by atoms with Gasteiger partial charge in [-0.1, -0.05) is 30.3 Å². The molecule has 4 N–H and O–H groups in total. The summed E-state index contributed by atoms with van der Waals surface area (Å²) in [5, 5.41) is 12.1. The van der Waals surface area contributed by atoms with Crippen molar-refractivity contribution < 1.29 is 14.7 Å². The van der Waals surface area contributed by atoms with E-state index >= 15 is 0 Å². The van der Waals surface area contributed by atoms with E-state index in [-0.39, 0.29) is 6.42 Å². The van der Waals surface area contributed by atoms with Crippen molar-refractivity contribution in [3.8, 4) is 12.3 Å². The molecule has 0 bridgehead atoms. The third-order valence-electron chi connectivity index (χ3n) is 3.69. The van der Waals surface area contributed by atoms with E-state index in [1.54, 1.807) is 54.6 Å². The van der Waals surface area contributed by atoms with Crippen LogP contribution in [0.2, 0.25) is 0 Å². The number of hydrogen-bond acceptors (Lipinski definition) is 3. The van der Waals surface area contributed by atoms with Crippen molar-refractivity contribution in [1.82, 2.24) is 5.32 Å². The molecular weight excluding hydrogens is 304 g/mol. The first-order valence-corrected chi connectivity index (χ1v) is 7.40. The van der Waals surface area contributed by atoms with E-state index in [9.17, 15) is 14.7 Å². The zero-order valence-corrected chi connectivity index (χ0v) is 13.0. The van der Waals surface area contributed by atoms with Crippen molar-refractivity contribution in [3.05, 3.63) is 65.7 Å². The molecule has 0 radical (unpaired) electrons. The summed E-state index contributed by atoms with van der Waals surface area (Å²) in [6.45, 7) is 0. The molecule has 0 saturated carbocycles. The van der Waals surface area contributed by atoms with Crippen molar-refractivity contribution in [3.63, 3.8) is 0 Å². The summed E-state index contributed by atoms with van der Waals surface area (Å²) < 4.78 is 0. The zero-order chi connectivity index (χ0) is 17.5. The average Bonchev–Trinajstić information content (AvgIpc) is 2.59. The number of aliphatic carboxylic acids is 1. The molecule has 122 valence electrons. The first-order valence-electron chi connectivity index (χ1n) is 7.40. The molecule has 5 heteroatoms. The van der Waals surface area contributed by atoms with Crippen LogP contribution in [-0.2, 0) is 4.79 Å². The molecule has 0 heterocycles. The van der Waals surface area contributed by atoms with Crippen molar-refractivity contribution in [2.24, 2.45) is 0 Å². The number of terminal acetylenes is 1. The molecule has 0 spiro atoms. The summed E-state index contributed by atoms with van der Waals surface area (Å²) in [5.74, 6) is 0.328. The fraction of sp³-hybridized carbons (Fsp3) is 0.158. The van der Waals surface area contributed by atoms with E-state index in [4.69, 9.17) is 12.2 Å². The van der Waals surface area contributed by atoms with Gasteiger partial charge in [0.05, 0.1) is 0 Å². The Kier molecular flexibility index (Phi) is 5.58. The molecule has 1 amide bonds. The van der Waals surface area contributed by atoms with Gasteiger partial charge in [0.25, 0.3) is 5.91 Å². The highest BCUT2D eigenvalue weighted by Crippen LogP contribution is 2.25. The van der Waals surface area contributed by atoms with Gasteiger partial charge in [0, 0.05) is 23.6 Å². The van der Waals surface area contributed by atoms with Crippen LogP contribution < -0.4 is 11.1 Å². The topological polar surface area (TPSA) is 92.4 Å². The highest BCUT2D eigenvalue weighted by atomic mass is 16.4. The van der Waals surface area contributed by atoms with Crippen LogP contribution in [-0.4, -0.2) is 23.0 Å². The molecule has 0 fully saturated rings. The van der Waals surface area contributed by atoms with E-state index in [0.29, 0.717) is 16.8 Å². The smallest absolute Gasteiger partial charge is 0.326 e. The summed E-state index contributed by atoms with van der Waals surface area (Å²) >= 11 is 0. The Bertz CT molecular complexity index is 748. The molecule has 0 aromatic heterocycles. The number of nitrogens with one attached hydrogen (secondary N) is 1. The van der Waals surface area contributed by atoms with Crippen LogP contribution in [0.1, 0.15) is 28.3 Å². The lowest BCUT2D eigenvalue weighted by Gasteiger charge is -2.24. The SMILES string of the molecule is C#CC[C@@H](c1ccc(N)cc1)[C@@H](NC(=O)c1ccccc1)C(=O)O. The Morgan fingerprint density at radius 1 is 1.12 bits per heavy atom. The highest BCUT2D eigenvalue weighted by molar-refractivity contribution is 5.96. The lowest BCUT2D eigenvalue weighted by atomic mass is 9.88. The molecular formula is C19H18N2O3. The van der Waals surface area contributed by atoms with Crippen LogP contribution in [0.15, 0.2) is 54.6 Å². The number of hydrogen-bond donors (Lipinski definition) is 3. The van der Waals surface area contributed by atoms with Gasteiger partial charge in [-0.3, -0.25) is 4.79 Å². The van der Waals surface area contributed by atoms with E-state index in [1.165, 1.54) is 0 Å². The highest BCUT2D eigenvalue weighted by Gasteiger charge is 2.30. The van der Waals surface area contributed by atoms with Gasteiger partial charge < -0.3 is 16.2 Å². The number of nitrogen functional groups attached to an aromatic ring is 1. The summed E-state index contributed by atoms with van der Waals surface area (Å²) in [6.07, 6.45) is 5.57. The second-order valence-electron chi connectivity index (χ2n) is 5.34. The van der Waals surface area contributed by atoms with E-state index in [0.717, 1.165) is 0 Å². The van der Waals surface area contributed by atoms with Crippen LogP contribution in [0, 0.1) is 12.3 Å². The third kappa shape index (κ3) is 4.14. The predicted molar refractivity (Wildman–Crippen MR) is 92.4 cm³/mol. The van der Waals surface area contributed by atoms with Crippen LogP contribution >= 0.6 is 0 Å². The first-order chi connectivity index (χ1) is 11.5. The third-order valence-corrected chi connectivity index (χ3v) is 3.69. The Balaban J connectivity index is 2.29. The largest absolute Gasteiger partial charge is 0.480 e. The number of carbonyl (C=O) groups is 2. The van der Waals surface area contributed by atoms with Gasteiger partial charge in [0.2, 0.25) is 0 Å². The molecule has 2 atom stereocenters. The van der Waals surface area contributed by atoms with Gasteiger partial charge in [0.1, 0.15) is 6.04 Å². The van der Waals surface area contributed by atoms with E-state index < -0.39 is 23.8 Å². The van der Waals surface area contributed by atoms with Crippen LogP contribution in [0.3, 0.4) is 0 Å². The molecule has 0 aliphatic heterocycles. The number of carboxylic acid groups (broad SMARTS) is 1. The molecule has 2 rings (SSSR count). The average molecular weight is 322 g/mol. The van der Waals surface area contributed by atoms with Crippen LogP contribution in [0.4, 0.5) is 5.69 Å². The summed E-state index contributed by atoms with van der Waals surface area (Å²) in [5.41, 5.74) is 7.34. The predicted octanol–water partition coefficient (Wildman–Crippen LogP) is 2.26. The molecule has 5 nitrogen and oxygen atoms in total. The minimum absolute atomic E-state index is 0.177. The normalized spacial score (nSPS) is 12.6.